The molecule has 0 saturated heterocycles. The molecule has 3 aromatic rings. The fourth-order valence-electron chi connectivity index (χ4n) is 3.33. The van der Waals surface area contributed by atoms with Gasteiger partial charge in [0.2, 0.25) is 0 Å². The maximum Gasteiger partial charge on any atom is 0.327 e. The lowest BCUT2D eigenvalue weighted by Gasteiger charge is -2.18. The van der Waals surface area contributed by atoms with Crippen molar-refractivity contribution in [1.82, 2.24) is 10.6 Å². The molecule has 0 aliphatic heterocycles. The number of ether oxygens (including phenoxy) is 2. The van der Waals surface area contributed by atoms with Crippen LogP contribution < -0.4 is 15.4 Å². The van der Waals surface area contributed by atoms with E-state index in [-0.39, 0.29) is 11.9 Å². The molecule has 2 N–H and O–H groups in total. The number of esters is 1. The molecule has 32 heavy (non-hydrogen) atoms. The first-order chi connectivity index (χ1) is 15.6. The minimum absolute atomic E-state index is 0.172. The molecule has 3 rings (SSSR count). The molecule has 166 valence electrons. The third-order valence-corrected chi connectivity index (χ3v) is 4.96. The number of carbonyl (C=O) groups excluding carboxylic acids is 2. The van der Waals surface area contributed by atoms with E-state index < -0.39 is 6.04 Å². The van der Waals surface area contributed by atoms with Crippen molar-refractivity contribution in [3.05, 3.63) is 90.0 Å². The molecule has 0 heterocycles. The largest absolute Gasteiger partial charge is 0.497 e. The van der Waals surface area contributed by atoms with E-state index in [2.05, 4.69) is 10.6 Å². The normalized spacial score (nSPS) is 11.4. The van der Waals surface area contributed by atoms with Crippen molar-refractivity contribution in [2.24, 2.45) is 0 Å². The summed E-state index contributed by atoms with van der Waals surface area (Å²) < 4.78 is 10.4. The molecule has 1 atom stereocenters. The SMILES string of the molecule is CCOC(=O)[C@H](NCCNC(=O)c1cccc(-c2ccc(OC)cc2)c1)c1ccccc1. The van der Waals surface area contributed by atoms with Gasteiger partial charge in [-0.2, -0.15) is 0 Å². The van der Waals surface area contributed by atoms with E-state index in [1.54, 1.807) is 20.1 Å². The fraction of sp³-hybridized carbons (Fsp3) is 0.231. The average Bonchev–Trinajstić information content (AvgIpc) is 2.84. The summed E-state index contributed by atoms with van der Waals surface area (Å²) in [4.78, 5) is 25.0. The van der Waals surface area contributed by atoms with Crippen LogP contribution in [-0.4, -0.2) is 38.7 Å². The highest BCUT2D eigenvalue weighted by Crippen LogP contribution is 2.23. The molecule has 0 fully saturated rings. The number of amides is 1. The number of nitrogens with one attached hydrogen (secondary N) is 2. The van der Waals surface area contributed by atoms with Gasteiger partial charge in [0.05, 0.1) is 13.7 Å². The van der Waals surface area contributed by atoms with Crippen molar-refractivity contribution in [2.75, 3.05) is 26.8 Å². The van der Waals surface area contributed by atoms with E-state index in [4.69, 9.17) is 9.47 Å². The van der Waals surface area contributed by atoms with Crippen molar-refractivity contribution in [2.45, 2.75) is 13.0 Å². The molecule has 6 nitrogen and oxygen atoms in total. The zero-order valence-corrected chi connectivity index (χ0v) is 18.3. The van der Waals surface area contributed by atoms with Gasteiger partial charge in [0.25, 0.3) is 5.91 Å². The van der Waals surface area contributed by atoms with E-state index in [0.717, 1.165) is 22.4 Å². The first kappa shape index (κ1) is 23.0. The maximum absolute atomic E-state index is 12.6. The highest BCUT2D eigenvalue weighted by atomic mass is 16.5. The number of rotatable bonds is 10. The minimum Gasteiger partial charge on any atom is -0.497 e. The van der Waals surface area contributed by atoms with Crippen LogP contribution in [-0.2, 0) is 9.53 Å². The second-order valence-electron chi connectivity index (χ2n) is 7.12. The summed E-state index contributed by atoms with van der Waals surface area (Å²) in [5.41, 5.74) is 3.35. The highest BCUT2D eigenvalue weighted by molar-refractivity contribution is 5.95. The molecule has 0 spiro atoms. The van der Waals surface area contributed by atoms with Gasteiger partial charge < -0.3 is 14.8 Å². The lowest BCUT2D eigenvalue weighted by atomic mass is 10.0. The predicted octanol–water partition coefficient (Wildman–Crippen LogP) is 3.99. The van der Waals surface area contributed by atoms with Crippen LogP contribution in [0.2, 0.25) is 0 Å². The van der Waals surface area contributed by atoms with Gasteiger partial charge in [0.15, 0.2) is 0 Å². The van der Waals surface area contributed by atoms with E-state index in [1.165, 1.54) is 0 Å². The molecule has 6 heteroatoms. The zero-order chi connectivity index (χ0) is 22.8. The Morgan fingerprint density at radius 3 is 2.31 bits per heavy atom. The minimum atomic E-state index is -0.577. The predicted molar refractivity (Wildman–Crippen MR) is 125 cm³/mol. The molecule has 0 radical (unpaired) electrons. The molecular formula is C26H28N2O4. The Kier molecular flexibility index (Phi) is 8.40. The average molecular weight is 433 g/mol. The van der Waals surface area contributed by atoms with Crippen LogP contribution in [0.4, 0.5) is 0 Å². The standard InChI is InChI=1S/C26H28N2O4/c1-3-32-26(30)24(20-8-5-4-6-9-20)27-16-17-28-25(29)22-11-7-10-21(18-22)19-12-14-23(31-2)15-13-19/h4-15,18,24,27H,3,16-17H2,1-2H3,(H,28,29)/t24-/m1/s1. The topological polar surface area (TPSA) is 76.7 Å². The van der Waals surface area contributed by atoms with Crippen molar-refractivity contribution < 1.29 is 19.1 Å². The summed E-state index contributed by atoms with van der Waals surface area (Å²) >= 11 is 0. The number of benzene rings is 3. The molecule has 0 bridgehead atoms. The first-order valence-corrected chi connectivity index (χ1v) is 10.6. The van der Waals surface area contributed by atoms with Crippen LogP contribution in [0.3, 0.4) is 0 Å². The number of methoxy groups -OCH3 is 1. The summed E-state index contributed by atoms with van der Waals surface area (Å²) in [5.74, 6) is 0.276. The van der Waals surface area contributed by atoms with Gasteiger partial charge in [-0.25, -0.2) is 4.79 Å². The van der Waals surface area contributed by atoms with Gasteiger partial charge in [-0.15, -0.1) is 0 Å². The third kappa shape index (κ3) is 6.18. The Morgan fingerprint density at radius 1 is 0.875 bits per heavy atom. The van der Waals surface area contributed by atoms with E-state index in [0.29, 0.717) is 25.3 Å². The van der Waals surface area contributed by atoms with E-state index in [1.807, 2.05) is 72.8 Å². The monoisotopic (exact) mass is 432 g/mol. The van der Waals surface area contributed by atoms with Crippen molar-refractivity contribution in [1.29, 1.82) is 0 Å². The Morgan fingerprint density at radius 2 is 1.62 bits per heavy atom. The summed E-state index contributed by atoms with van der Waals surface area (Å²) in [6.45, 7) is 2.88. The van der Waals surface area contributed by atoms with Crippen LogP contribution in [0.1, 0.15) is 28.9 Å². The Hall–Kier alpha value is -3.64. The van der Waals surface area contributed by atoms with Gasteiger partial charge in [-0.05, 0) is 47.9 Å². The Bertz CT molecular complexity index is 1020. The van der Waals surface area contributed by atoms with Crippen molar-refractivity contribution in [3.8, 4) is 16.9 Å². The Balaban J connectivity index is 1.57. The van der Waals surface area contributed by atoms with E-state index >= 15 is 0 Å². The van der Waals surface area contributed by atoms with Crippen LogP contribution in [0.25, 0.3) is 11.1 Å². The van der Waals surface area contributed by atoms with Gasteiger partial charge in [0.1, 0.15) is 11.8 Å². The van der Waals surface area contributed by atoms with Gasteiger partial charge in [-0.3, -0.25) is 10.1 Å². The van der Waals surface area contributed by atoms with Crippen LogP contribution in [0.5, 0.6) is 5.75 Å². The lowest BCUT2D eigenvalue weighted by molar-refractivity contribution is -0.145. The number of hydrogen-bond acceptors (Lipinski definition) is 5. The first-order valence-electron chi connectivity index (χ1n) is 10.6. The van der Waals surface area contributed by atoms with Gasteiger partial charge in [0, 0.05) is 18.7 Å². The second kappa shape index (κ2) is 11.7. The number of hydrogen-bond donors (Lipinski definition) is 2. The maximum atomic E-state index is 12.6. The molecule has 0 saturated carbocycles. The Labute approximate surface area is 188 Å². The van der Waals surface area contributed by atoms with Crippen LogP contribution in [0.15, 0.2) is 78.9 Å². The second-order valence-corrected chi connectivity index (χ2v) is 7.12. The van der Waals surface area contributed by atoms with Crippen molar-refractivity contribution >= 4 is 11.9 Å². The summed E-state index contributed by atoms with van der Waals surface area (Å²) in [5, 5.41) is 6.07. The molecular weight excluding hydrogens is 404 g/mol. The molecule has 3 aromatic carbocycles. The van der Waals surface area contributed by atoms with E-state index in [9.17, 15) is 9.59 Å². The lowest BCUT2D eigenvalue weighted by Crippen LogP contribution is -2.37. The molecule has 0 aliphatic carbocycles. The summed E-state index contributed by atoms with van der Waals surface area (Å²) in [6, 6.07) is 24.0. The molecule has 1 amide bonds. The summed E-state index contributed by atoms with van der Waals surface area (Å²) in [6.07, 6.45) is 0. The molecule has 0 unspecified atom stereocenters. The fourth-order valence-corrected chi connectivity index (χ4v) is 3.33. The van der Waals surface area contributed by atoms with Crippen LogP contribution in [0, 0.1) is 0 Å². The molecule has 0 aliphatic rings. The molecule has 0 aromatic heterocycles. The van der Waals surface area contributed by atoms with Crippen molar-refractivity contribution in [3.63, 3.8) is 0 Å². The number of carbonyl (C=O) groups is 2. The smallest absolute Gasteiger partial charge is 0.327 e. The summed E-state index contributed by atoms with van der Waals surface area (Å²) in [7, 11) is 1.63. The van der Waals surface area contributed by atoms with Gasteiger partial charge in [-0.1, -0.05) is 54.6 Å². The quantitative estimate of drug-likeness (QED) is 0.374. The van der Waals surface area contributed by atoms with Crippen LogP contribution >= 0.6 is 0 Å². The third-order valence-electron chi connectivity index (χ3n) is 4.96. The highest BCUT2D eigenvalue weighted by Gasteiger charge is 2.21. The van der Waals surface area contributed by atoms with Gasteiger partial charge >= 0.3 is 5.97 Å². The zero-order valence-electron chi connectivity index (χ0n) is 18.3.